The van der Waals surface area contributed by atoms with Gasteiger partial charge in [0.05, 0.1) is 39.6 Å². The van der Waals surface area contributed by atoms with Gasteiger partial charge in [-0.25, -0.2) is 0 Å². The zero-order valence-electron chi connectivity index (χ0n) is 19.9. The zero-order valence-corrected chi connectivity index (χ0v) is 19.9. The Morgan fingerprint density at radius 1 is 0.516 bits per heavy atom. The van der Waals surface area contributed by atoms with Crippen LogP contribution in [0.25, 0.3) is 0 Å². The van der Waals surface area contributed by atoms with Crippen LogP contribution in [0.4, 0.5) is 0 Å². The quantitative estimate of drug-likeness (QED) is 0.133. The first-order chi connectivity index (χ1) is 15.2. The highest BCUT2D eigenvalue weighted by Gasteiger charge is 2.29. The van der Waals surface area contributed by atoms with Gasteiger partial charge in [0.15, 0.2) is 5.92 Å². The van der Waals surface area contributed by atoms with Crippen LogP contribution >= 0.6 is 0 Å². The van der Waals surface area contributed by atoms with Crippen LogP contribution in [0.5, 0.6) is 0 Å². The van der Waals surface area contributed by atoms with Crippen molar-refractivity contribution < 1.29 is 38.0 Å². The molecule has 184 valence electrons. The van der Waals surface area contributed by atoms with Crippen molar-refractivity contribution >= 4 is 11.9 Å². The first kappa shape index (κ1) is 29.8. The van der Waals surface area contributed by atoms with Crippen LogP contribution in [-0.4, -0.2) is 78.0 Å². The Morgan fingerprint density at radius 3 is 1.26 bits per heavy atom. The molecular formula is C23H44O8. The molecule has 0 amide bonds. The van der Waals surface area contributed by atoms with Crippen molar-refractivity contribution in [1.29, 1.82) is 0 Å². The monoisotopic (exact) mass is 448 g/mol. The number of esters is 2. The second-order valence-corrected chi connectivity index (χ2v) is 7.19. The maximum atomic E-state index is 12.3. The predicted octanol–water partition coefficient (Wildman–Crippen LogP) is 3.55. The number of hydrogen-bond donors (Lipinski definition) is 0. The van der Waals surface area contributed by atoms with Gasteiger partial charge in [-0.15, -0.1) is 0 Å². The molecule has 0 radical (unpaired) electrons. The fraction of sp³-hybridized carbons (Fsp3) is 0.913. The van der Waals surface area contributed by atoms with Crippen molar-refractivity contribution in [2.24, 2.45) is 5.92 Å². The van der Waals surface area contributed by atoms with E-state index in [0.717, 1.165) is 51.7 Å². The van der Waals surface area contributed by atoms with Crippen LogP contribution in [-0.2, 0) is 38.0 Å². The lowest BCUT2D eigenvalue weighted by Crippen LogP contribution is -2.30. The molecular weight excluding hydrogens is 404 g/mol. The topological polar surface area (TPSA) is 89.5 Å². The SMILES string of the molecule is CCCCOCCOCCOC(=O)C(CCCC)C(=O)OCCOCCOCCCC. The van der Waals surface area contributed by atoms with Crippen LogP contribution in [0, 0.1) is 5.92 Å². The van der Waals surface area contributed by atoms with E-state index in [1.54, 1.807) is 0 Å². The molecule has 0 aliphatic rings. The lowest BCUT2D eigenvalue weighted by molar-refractivity contribution is -0.164. The summed E-state index contributed by atoms with van der Waals surface area (Å²) in [4.78, 5) is 24.6. The average molecular weight is 449 g/mol. The molecule has 0 atom stereocenters. The van der Waals surface area contributed by atoms with Crippen LogP contribution in [0.1, 0.15) is 65.7 Å². The molecule has 0 N–H and O–H groups in total. The van der Waals surface area contributed by atoms with Crippen molar-refractivity contribution in [3.05, 3.63) is 0 Å². The van der Waals surface area contributed by atoms with E-state index < -0.39 is 17.9 Å². The number of carbonyl (C=O) groups excluding carboxylic acids is 2. The molecule has 0 rings (SSSR count). The van der Waals surface area contributed by atoms with E-state index in [4.69, 9.17) is 28.4 Å². The van der Waals surface area contributed by atoms with E-state index in [-0.39, 0.29) is 26.4 Å². The van der Waals surface area contributed by atoms with E-state index in [1.807, 2.05) is 6.92 Å². The predicted molar refractivity (Wildman–Crippen MR) is 118 cm³/mol. The molecule has 0 aromatic carbocycles. The first-order valence-corrected chi connectivity index (χ1v) is 11.8. The van der Waals surface area contributed by atoms with E-state index in [2.05, 4.69) is 13.8 Å². The van der Waals surface area contributed by atoms with Crippen LogP contribution in [0.15, 0.2) is 0 Å². The van der Waals surface area contributed by atoms with E-state index in [1.165, 1.54) is 0 Å². The maximum absolute atomic E-state index is 12.3. The van der Waals surface area contributed by atoms with Crippen molar-refractivity contribution in [2.75, 3.05) is 66.1 Å². The molecule has 8 heteroatoms. The summed E-state index contributed by atoms with van der Waals surface area (Å²) in [5.74, 6) is -2.03. The molecule has 31 heavy (non-hydrogen) atoms. The van der Waals surface area contributed by atoms with Gasteiger partial charge >= 0.3 is 11.9 Å². The van der Waals surface area contributed by atoms with Gasteiger partial charge in [0.1, 0.15) is 13.2 Å². The number of rotatable bonds is 23. The van der Waals surface area contributed by atoms with Gasteiger partial charge in [0.25, 0.3) is 0 Å². The highest BCUT2D eigenvalue weighted by molar-refractivity contribution is 5.94. The second kappa shape index (κ2) is 23.4. The summed E-state index contributed by atoms with van der Waals surface area (Å²) in [6.07, 6.45) is 6.29. The molecule has 0 spiro atoms. The maximum Gasteiger partial charge on any atom is 0.320 e. The standard InChI is InChI=1S/C23H44O8/c1-4-7-10-21(22(24)30-19-17-28-15-13-26-11-8-5-2)23(25)31-20-18-29-16-14-27-12-9-6-3/h21H,4-20H2,1-3H3. The van der Waals surface area contributed by atoms with Gasteiger partial charge in [-0.2, -0.15) is 0 Å². The molecule has 0 aliphatic heterocycles. The molecule has 0 aliphatic carbocycles. The smallest absolute Gasteiger partial charge is 0.320 e. The minimum Gasteiger partial charge on any atom is -0.463 e. The van der Waals surface area contributed by atoms with Crippen LogP contribution in [0.3, 0.4) is 0 Å². The van der Waals surface area contributed by atoms with Crippen molar-refractivity contribution in [3.8, 4) is 0 Å². The number of unbranched alkanes of at least 4 members (excludes halogenated alkanes) is 3. The molecule has 8 nitrogen and oxygen atoms in total. The molecule has 0 bridgehead atoms. The summed E-state index contributed by atoms with van der Waals surface area (Å²) in [5, 5.41) is 0. The Morgan fingerprint density at radius 2 is 0.871 bits per heavy atom. The summed E-state index contributed by atoms with van der Waals surface area (Å²) >= 11 is 0. The highest BCUT2D eigenvalue weighted by atomic mass is 16.6. The van der Waals surface area contributed by atoms with Gasteiger partial charge in [-0.1, -0.05) is 46.5 Å². The number of hydrogen-bond acceptors (Lipinski definition) is 8. The molecule has 0 unspecified atom stereocenters. The lowest BCUT2D eigenvalue weighted by Gasteiger charge is -2.15. The van der Waals surface area contributed by atoms with E-state index >= 15 is 0 Å². The molecule has 0 fully saturated rings. The summed E-state index contributed by atoms with van der Waals surface area (Å²) in [6.45, 7) is 10.4. The van der Waals surface area contributed by atoms with Gasteiger partial charge < -0.3 is 28.4 Å². The third-order valence-electron chi connectivity index (χ3n) is 4.39. The summed E-state index contributed by atoms with van der Waals surface area (Å²) in [6, 6.07) is 0. The van der Waals surface area contributed by atoms with Crippen molar-refractivity contribution in [2.45, 2.75) is 65.7 Å². The first-order valence-electron chi connectivity index (χ1n) is 11.8. The van der Waals surface area contributed by atoms with E-state index in [0.29, 0.717) is 32.8 Å². The molecule has 0 aromatic heterocycles. The average Bonchev–Trinajstić information content (AvgIpc) is 2.77. The van der Waals surface area contributed by atoms with Gasteiger partial charge in [-0.3, -0.25) is 9.59 Å². The zero-order chi connectivity index (χ0) is 23.0. The summed E-state index contributed by atoms with van der Waals surface area (Å²) < 4.78 is 31.9. The second-order valence-electron chi connectivity index (χ2n) is 7.19. The summed E-state index contributed by atoms with van der Waals surface area (Å²) in [7, 11) is 0. The lowest BCUT2D eigenvalue weighted by atomic mass is 10.0. The molecule has 0 saturated carbocycles. The van der Waals surface area contributed by atoms with E-state index in [9.17, 15) is 9.59 Å². The largest absolute Gasteiger partial charge is 0.463 e. The fourth-order valence-corrected chi connectivity index (χ4v) is 2.48. The number of carbonyl (C=O) groups is 2. The van der Waals surface area contributed by atoms with Crippen LogP contribution in [0.2, 0.25) is 0 Å². The third kappa shape index (κ3) is 19.2. The Balaban J connectivity index is 3.94. The molecule has 0 heterocycles. The van der Waals surface area contributed by atoms with Gasteiger partial charge in [0, 0.05) is 13.2 Å². The Bertz CT molecular complexity index is 382. The minimum atomic E-state index is -0.908. The highest BCUT2D eigenvalue weighted by Crippen LogP contribution is 2.13. The van der Waals surface area contributed by atoms with Crippen molar-refractivity contribution in [1.82, 2.24) is 0 Å². The number of ether oxygens (including phenoxy) is 6. The molecule has 0 aromatic rings. The summed E-state index contributed by atoms with van der Waals surface area (Å²) in [5.41, 5.74) is 0. The molecule has 0 saturated heterocycles. The third-order valence-corrected chi connectivity index (χ3v) is 4.39. The fourth-order valence-electron chi connectivity index (χ4n) is 2.48. The minimum absolute atomic E-state index is 0.102. The normalized spacial score (nSPS) is 11.1. The van der Waals surface area contributed by atoms with Crippen LogP contribution < -0.4 is 0 Å². The Hall–Kier alpha value is -1.22. The Kier molecular flexibility index (Phi) is 22.5. The Labute approximate surface area is 188 Å². The van der Waals surface area contributed by atoms with Gasteiger partial charge in [0.2, 0.25) is 0 Å². The van der Waals surface area contributed by atoms with Gasteiger partial charge in [-0.05, 0) is 19.3 Å². The van der Waals surface area contributed by atoms with Crippen molar-refractivity contribution in [3.63, 3.8) is 0 Å².